The Labute approximate surface area is 122 Å². The highest BCUT2D eigenvalue weighted by molar-refractivity contribution is 5.87. The predicted octanol–water partition coefficient (Wildman–Crippen LogP) is 3.47. The lowest BCUT2D eigenvalue weighted by Gasteiger charge is -2.13. The van der Waals surface area contributed by atoms with Gasteiger partial charge in [-0.05, 0) is 38.0 Å². The van der Waals surface area contributed by atoms with E-state index < -0.39 is 5.97 Å². The van der Waals surface area contributed by atoms with Gasteiger partial charge in [-0.1, -0.05) is 12.1 Å². The second-order valence-electron chi connectivity index (χ2n) is 4.63. The zero-order chi connectivity index (χ0) is 15.4. The van der Waals surface area contributed by atoms with E-state index in [2.05, 4.69) is 10.3 Å². The van der Waals surface area contributed by atoms with E-state index in [1.807, 2.05) is 13.0 Å². The van der Waals surface area contributed by atoms with E-state index in [-0.39, 0.29) is 30.2 Å². The van der Waals surface area contributed by atoms with Crippen molar-refractivity contribution in [1.82, 2.24) is 4.98 Å². The summed E-state index contributed by atoms with van der Waals surface area (Å²) in [6.45, 7) is 5.54. The average molecular weight is 292 g/mol. The summed E-state index contributed by atoms with van der Waals surface area (Å²) in [5.74, 6) is -0.802. The van der Waals surface area contributed by atoms with Crippen molar-refractivity contribution < 1.29 is 18.3 Å². The fraction of sp³-hybridized carbons (Fsp3) is 0.333. The Balaban J connectivity index is 2.07. The van der Waals surface area contributed by atoms with E-state index in [0.717, 1.165) is 5.56 Å². The molecule has 2 rings (SSSR count). The summed E-state index contributed by atoms with van der Waals surface area (Å²) in [4.78, 5) is 15.5. The van der Waals surface area contributed by atoms with Gasteiger partial charge in [0.1, 0.15) is 12.1 Å². The van der Waals surface area contributed by atoms with Crippen molar-refractivity contribution >= 4 is 12.0 Å². The van der Waals surface area contributed by atoms with Crippen LogP contribution in [0.3, 0.4) is 0 Å². The maximum atomic E-state index is 13.5. The number of hydrogen-bond acceptors (Lipinski definition) is 5. The number of aromatic nitrogens is 1. The Bertz CT molecular complexity index is 640. The van der Waals surface area contributed by atoms with Crippen LogP contribution in [0.5, 0.6) is 0 Å². The van der Waals surface area contributed by atoms with E-state index in [4.69, 9.17) is 9.15 Å². The first-order valence-electron chi connectivity index (χ1n) is 6.66. The van der Waals surface area contributed by atoms with Crippen LogP contribution in [-0.2, 0) is 4.74 Å². The molecule has 5 nitrogen and oxygen atoms in total. The second kappa shape index (κ2) is 6.39. The minimum Gasteiger partial charge on any atom is -0.461 e. The monoisotopic (exact) mass is 292 g/mol. The quantitative estimate of drug-likeness (QED) is 0.855. The largest absolute Gasteiger partial charge is 0.461 e. The number of nitrogens with one attached hydrogen (secondary N) is 1. The molecular formula is C15H17FN2O3. The third-order valence-corrected chi connectivity index (χ3v) is 3.02. The standard InChI is InChI=1S/C15H17FN2O3/c1-4-20-14(19)13-8-21-15(18-13)17-10(3)11-6-5-9(2)12(16)7-11/h5-8,10H,4H2,1-3H3,(H,17,18). The smallest absolute Gasteiger partial charge is 0.360 e. The molecule has 1 aromatic heterocycles. The summed E-state index contributed by atoms with van der Waals surface area (Å²) < 4.78 is 23.5. The molecule has 0 saturated heterocycles. The summed E-state index contributed by atoms with van der Waals surface area (Å²) in [5.41, 5.74) is 1.45. The van der Waals surface area contributed by atoms with Crippen molar-refractivity contribution in [2.45, 2.75) is 26.8 Å². The topological polar surface area (TPSA) is 64.4 Å². The Hall–Kier alpha value is -2.37. The Morgan fingerprint density at radius 1 is 1.52 bits per heavy atom. The summed E-state index contributed by atoms with van der Waals surface area (Å²) in [7, 11) is 0. The summed E-state index contributed by atoms with van der Waals surface area (Å²) in [6, 6.07) is 4.97. The first-order chi connectivity index (χ1) is 10.0. The minimum atomic E-state index is -0.539. The van der Waals surface area contributed by atoms with Crippen molar-refractivity contribution in [2.24, 2.45) is 0 Å². The fourth-order valence-electron chi connectivity index (χ4n) is 1.79. The number of anilines is 1. The van der Waals surface area contributed by atoms with Gasteiger partial charge in [0, 0.05) is 0 Å². The van der Waals surface area contributed by atoms with Gasteiger partial charge < -0.3 is 14.5 Å². The van der Waals surface area contributed by atoms with Crippen molar-refractivity contribution in [3.63, 3.8) is 0 Å². The van der Waals surface area contributed by atoms with Gasteiger partial charge in [0.2, 0.25) is 0 Å². The summed E-state index contributed by atoms with van der Waals surface area (Å²) in [5, 5.41) is 2.97. The molecule has 0 aliphatic rings. The predicted molar refractivity (Wildman–Crippen MR) is 75.6 cm³/mol. The molecule has 1 unspecified atom stereocenters. The number of carbonyl (C=O) groups is 1. The van der Waals surface area contributed by atoms with Crippen LogP contribution >= 0.6 is 0 Å². The number of aryl methyl sites for hydroxylation is 1. The second-order valence-corrected chi connectivity index (χ2v) is 4.63. The van der Waals surface area contributed by atoms with Gasteiger partial charge in [0.15, 0.2) is 5.69 Å². The van der Waals surface area contributed by atoms with Gasteiger partial charge in [-0.15, -0.1) is 0 Å². The van der Waals surface area contributed by atoms with E-state index >= 15 is 0 Å². The Morgan fingerprint density at radius 3 is 2.95 bits per heavy atom. The van der Waals surface area contributed by atoms with Gasteiger partial charge in [-0.25, -0.2) is 9.18 Å². The van der Waals surface area contributed by atoms with Crippen molar-refractivity contribution in [1.29, 1.82) is 0 Å². The number of ether oxygens (including phenoxy) is 1. The minimum absolute atomic E-state index is 0.0987. The number of nitrogens with zero attached hydrogens (tertiary/aromatic N) is 1. The molecule has 1 heterocycles. The highest BCUT2D eigenvalue weighted by atomic mass is 19.1. The van der Waals surface area contributed by atoms with E-state index in [1.54, 1.807) is 19.9 Å². The molecule has 0 amide bonds. The molecule has 1 N–H and O–H groups in total. The van der Waals surface area contributed by atoms with Crippen LogP contribution in [0, 0.1) is 12.7 Å². The van der Waals surface area contributed by atoms with Gasteiger partial charge in [-0.2, -0.15) is 4.98 Å². The van der Waals surface area contributed by atoms with Gasteiger partial charge in [-0.3, -0.25) is 0 Å². The van der Waals surface area contributed by atoms with Crippen LogP contribution < -0.4 is 5.32 Å². The molecule has 112 valence electrons. The maximum Gasteiger partial charge on any atom is 0.360 e. The molecule has 0 saturated carbocycles. The fourth-order valence-corrected chi connectivity index (χ4v) is 1.79. The van der Waals surface area contributed by atoms with E-state index in [9.17, 15) is 9.18 Å². The van der Waals surface area contributed by atoms with Crippen LogP contribution in [0.2, 0.25) is 0 Å². The van der Waals surface area contributed by atoms with Crippen LogP contribution in [0.4, 0.5) is 10.4 Å². The SMILES string of the molecule is CCOC(=O)c1coc(NC(C)c2ccc(C)c(F)c2)n1. The molecule has 1 aromatic carbocycles. The Morgan fingerprint density at radius 2 is 2.29 bits per heavy atom. The highest BCUT2D eigenvalue weighted by Crippen LogP contribution is 2.21. The molecule has 0 spiro atoms. The molecule has 2 aromatic rings. The van der Waals surface area contributed by atoms with Crippen LogP contribution in [0.25, 0.3) is 0 Å². The maximum absolute atomic E-state index is 13.5. The van der Waals surface area contributed by atoms with Crippen LogP contribution in [0.1, 0.15) is 41.5 Å². The molecule has 0 bridgehead atoms. The third kappa shape index (κ3) is 3.59. The molecular weight excluding hydrogens is 275 g/mol. The first-order valence-corrected chi connectivity index (χ1v) is 6.66. The van der Waals surface area contributed by atoms with Crippen LogP contribution in [0.15, 0.2) is 28.9 Å². The number of carbonyl (C=O) groups excluding carboxylic acids is 1. The normalized spacial score (nSPS) is 12.0. The zero-order valence-corrected chi connectivity index (χ0v) is 12.1. The first kappa shape index (κ1) is 15.0. The third-order valence-electron chi connectivity index (χ3n) is 3.02. The molecule has 0 fully saturated rings. The lowest BCUT2D eigenvalue weighted by Crippen LogP contribution is -2.09. The lowest BCUT2D eigenvalue weighted by molar-refractivity contribution is 0.0519. The molecule has 0 aliphatic carbocycles. The number of benzene rings is 1. The van der Waals surface area contributed by atoms with E-state index in [0.29, 0.717) is 5.56 Å². The van der Waals surface area contributed by atoms with E-state index in [1.165, 1.54) is 12.3 Å². The molecule has 0 aliphatic heterocycles. The molecule has 6 heteroatoms. The average Bonchev–Trinajstić information content (AvgIpc) is 2.90. The van der Waals surface area contributed by atoms with Gasteiger partial charge >= 0.3 is 5.97 Å². The van der Waals surface area contributed by atoms with Gasteiger partial charge in [0.05, 0.1) is 12.6 Å². The van der Waals surface area contributed by atoms with Crippen molar-refractivity contribution in [3.05, 3.63) is 47.1 Å². The van der Waals surface area contributed by atoms with Gasteiger partial charge in [0.25, 0.3) is 6.01 Å². The summed E-state index contributed by atoms with van der Waals surface area (Å²) in [6.07, 6.45) is 1.22. The molecule has 1 atom stereocenters. The number of oxazole rings is 1. The lowest BCUT2D eigenvalue weighted by atomic mass is 10.1. The highest BCUT2D eigenvalue weighted by Gasteiger charge is 2.15. The van der Waals surface area contributed by atoms with Crippen LogP contribution in [-0.4, -0.2) is 17.6 Å². The Kier molecular flexibility index (Phi) is 4.57. The number of hydrogen-bond donors (Lipinski definition) is 1. The van der Waals surface area contributed by atoms with Crippen molar-refractivity contribution in [3.8, 4) is 0 Å². The zero-order valence-electron chi connectivity index (χ0n) is 12.1. The number of esters is 1. The number of halogens is 1. The molecule has 21 heavy (non-hydrogen) atoms. The summed E-state index contributed by atoms with van der Waals surface area (Å²) >= 11 is 0. The number of rotatable bonds is 5. The molecule has 0 radical (unpaired) electrons. The van der Waals surface area contributed by atoms with Crippen molar-refractivity contribution in [2.75, 3.05) is 11.9 Å².